The Labute approximate surface area is 215 Å². The summed E-state index contributed by atoms with van der Waals surface area (Å²) in [6, 6.07) is 32.9. The van der Waals surface area contributed by atoms with Gasteiger partial charge in [-0.15, -0.1) is 0 Å². The van der Waals surface area contributed by atoms with Crippen molar-refractivity contribution in [1.29, 1.82) is 0 Å². The highest BCUT2D eigenvalue weighted by Crippen LogP contribution is 2.43. The van der Waals surface area contributed by atoms with Crippen LogP contribution in [0.4, 0.5) is 17.1 Å². The number of benzene rings is 4. The third-order valence-corrected chi connectivity index (χ3v) is 7.10. The number of amides is 1. The third kappa shape index (κ3) is 4.44. The molecule has 0 aliphatic carbocycles. The first kappa shape index (κ1) is 23.2. The molecule has 0 aromatic heterocycles. The summed E-state index contributed by atoms with van der Waals surface area (Å²) in [6.07, 6.45) is -0.312. The molecular formula is C30H28BrN3O. The number of fused-ring (bicyclic) bond motifs is 1. The maximum atomic E-state index is 14.0. The fraction of sp³-hybridized carbons (Fsp3) is 0.167. The molecule has 1 amide bonds. The lowest BCUT2D eigenvalue weighted by Gasteiger charge is -2.46. The number of aryl methyl sites for hydroxylation is 1. The van der Waals surface area contributed by atoms with Gasteiger partial charge in [0.05, 0.1) is 16.9 Å². The van der Waals surface area contributed by atoms with E-state index in [4.69, 9.17) is 0 Å². The van der Waals surface area contributed by atoms with E-state index in [2.05, 4.69) is 93.3 Å². The molecule has 0 N–H and O–H groups in total. The fourth-order valence-corrected chi connectivity index (χ4v) is 5.46. The Morgan fingerprint density at radius 3 is 2.23 bits per heavy atom. The highest BCUT2D eigenvalue weighted by Gasteiger charge is 2.39. The molecule has 0 unspecified atom stereocenters. The molecular weight excluding hydrogens is 498 g/mol. The number of carbonyl (C=O) groups is 1. The summed E-state index contributed by atoms with van der Waals surface area (Å²) in [7, 11) is 4.06. The Morgan fingerprint density at radius 2 is 1.54 bits per heavy atom. The zero-order valence-electron chi connectivity index (χ0n) is 20.1. The summed E-state index contributed by atoms with van der Waals surface area (Å²) in [5, 5.41) is 0. The van der Waals surface area contributed by atoms with Gasteiger partial charge in [-0.25, -0.2) is 0 Å². The standard InChI is InChI=1S/C30H28BrN3O/c1-21-13-16-24(17-14-21)34-29(23-15-18-28(32(2)3)26(31)19-23)33(20-22-9-5-4-6-10-22)27-12-8-7-11-25(27)30(34)35/h4-19,29H,20H2,1-3H3/t29-/m0/s1. The molecule has 0 bridgehead atoms. The molecule has 35 heavy (non-hydrogen) atoms. The largest absolute Gasteiger partial charge is 0.377 e. The second kappa shape index (κ2) is 9.59. The summed E-state index contributed by atoms with van der Waals surface area (Å²) in [4.78, 5) is 20.4. The summed E-state index contributed by atoms with van der Waals surface area (Å²) in [6.45, 7) is 2.73. The van der Waals surface area contributed by atoms with Gasteiger partial charge in [0.25, 0.3) is 5.91 Å². The lowest BCUT2D eigenvalue weighted by Crippen LogP contribution is -2.49. The van der Waals surface area contributed by atoms with E-state index >= 15 is 0 Å². The van der Waals surface area contributed by atoms with Gasteiger partial charge in [0.1, 0.15) is 6.17 Å². The van der Waals surface area contributed by atoms with Crippen molar-refractivity contribution in [1.82, 2.24) is 0 Å². The van der Waals surface area contributed by atoms with Crippen LogP contribution in [0.1, 0.15) is 33.2 Å². The van der Waals surface area contributed by atoms with E-state index in [0.29, 0.717) is 12.1 Å². The topological polar surface area (TPSA) is 26.8 Å². The number of hydrogen-bond acceptors (Lipinski definition) is 3. The average molecular weight is 526 g/mol. The first-order chi connectivity index (χ1) is 16.9. The van der Waals surface area contributed by atoms with Gasteiger partial charge in [0.15, 0.2) is 0 Å². The molecule has 4 aromatic rings. The summed E-state index contributed by atoms with van der Waals surface area (Å²) >= 11 is 3.77. The SMILES string of the molecule is Cc1ccc(N2C(=O)c3ccccc3N(Cc3ccccc3)[C@@H]2c2ccc(N(C)C)c(Br)c2)cc1. The van der Waals surface area contributed by atoms with Crippen molar-refractivity contribution in [2.45, 2.75) is 19.6 Å². The van der Waals surface area contributed by atoms with Gasteiger partial charge in [-0.1, -0.05) is 66.2 Å². The summed E-state index contributed by atoms with van der Waals surface area (Å²) in [5.41, 5.74) is 7.02. The van der Waals surface area contributed by atoms with Crippen LogP contribution in [0.2, 0.25) is 0 Å². The van der Waals surface area contributed by atoms with Crippen LogP contribution in [0.5, 0.6) is 0 Å². The monoisotopic (exact) mass is 525 g/mol. The Bertz CT molecular complexity index is 1350. The molecule has 0 saturated carbocycles. The first-order valence-corrected chi connectivity index (χ1v) is 12.5. The number of para-hydroxylation sites is 1. The van der Waals surface area contributed by atoms with Gasteiger partial charge >= 0.3 is 0 Å². The number of nitrogens with zero attached hydrogens (tertiary/aromatic N) is 3. The Morgan fingerprint density at radius 1 is 0.857 bits per heavy atom. The van der Waals surface area contributed by atoms with Crippen LogP contribution in [0.25, 0.3) is 0 Å². The van der Waals surface area contributed by atoms with Crippen molar-refractivity contribution in [3.63, 3.8) is 0 Å². The zero-order valence-corrected chi connectivity index (χ0v) is 21.7. The second-order valence-electron chi connectivity index (χ2n) is 9.12. The van der Waals surface area contributed by atoms with Crippen LogP contribution >= 0.6 is 15.9 Å². The van der Waals surface area contributed by atoms with Gasteiger partial charge in [-0.3, -0.25) is 9.69 Å². The predicted octanol–water partition coefficient (Wildman–Crippen LogP) is 7.19. The van der Waals surface area contributed by atoms with Gasteiger partial charge < -0.3 is 9.80 Å². The van der Waals surface area contributed by atoms with Crippen LogP contribution in [-0.4, -0.2) is 20.0 Å². The number of halogens is 1. The Balaban J connectivity index is 1.73. The fourth-order valence-electron chi connectivity index (χ4n) is 4.71. The maximum Gasteiger partial charge on any atom is 0.262 e. The molecule has 4 aromatic carbocycles. The van der Waals surface area contributed by atoms with Gasteiger partial charge in [0, 0.05) is 30.8 Å². The van der Waals surface area contributed by atoms with Crippen LogP contribution in [0, 0.1) is 6.92 Å². The highest BCUT2D eigenvalue weighted by atomic mass is 79.9. The quantitative estimate of drug-likeness (QED) is 0.276. The summed E-state index contributed by atoms with van der Waals surface area (Å²) in [5.74, 6) is 0.00609. The molecule has 5 rings (SSSR count). The van der Waals surface area contributed by atoms with Crippen molar-refractivity contribution in [3.8, 4) is 0 Å². The van der Waals surface area contributed by atoms with E-state index in [0.717, 1.165) is 32.7 Å². The molecule has 0 radical (unpaired) electrons. The normalized spacial score (nSPS) is 15.2. The van der Waals surface area contributed by atoms with Crippen molar-refractivity contribution in [2.24, 2.45) is 0 Å². The smallest absolute Gasteiger partial charge is 0.262 e. The maximum absolute atomic E-state index is 14.0. The Kier molecular flexibility index (Phi) is 6.35. The lowest BCUT2D eigenvalue weighted by atomic mass is 9.98. The van der Waals surface area contributed by atoms with Crippen molar-refractivity contribution in [2.75, 3.05) is 28.8 Å². The third-order valence-electron chi connectivity index (χ3n) is 6.46. The Hall–Kier alpha value is -3.57. The van der Waals surface area contributed by atoms with Crippen LogP contribution in [-0.2, 0) is 6.54 Å². The molecule has 0 spiro atoms. The minimum atomic E-state index is -0.312. The molecule has 1 aliphatic rings. The van der Waals surface area contributed by atoms with Gasteiger partial charge in [0.2, 0.25) is 0 Å². The van der Waals surface area contributed by atoms with Crippen LogP contribution in [0.3, 0.4) is 0 Å². The molecule has 176 valence electrons. The number of rotatable bonds is 5. The molecule has 4 nitrogen and oxygen atoms in total. The molecule has 0 saturated heterocycles. The van der Waals surface area contributed by atoms with E-state index in [9.17, 15) is 4.79 Å². The number of anilines is 3. The number of carbonyl (C=O) groups excluding carboxylic acids is 1. The van der Waals surface area contributed by atoms with E-state index in [-0.39, 0.29) is 12.1 Å². The summed E-state index contributed by atoms with van der Waals surface area (Å²) < 4.78 is 0.995. The average Bonchev–Trinajstić information content (AvgIpc) is 2.86. The van der Waals surface area contributed by atoms with E-state index in [1.807, 2.05) is 55.4 Å². The minimum absolute atomic E-state index is 0.00609. The molecule has 0 fully saturated rings. The molecule has 5 heteroatoms. The van der Waals surface area contributed by atoms with Crippen molar-refractivity contribution < 1.29 is 4.79 Å². The molecule has 1 heterocycles. The van der Waals surface area contributed by atoms with Crippen molar-refractivity contribution >= 4 is 38.9 Å². The lowest BCUT2D eigenvalue weighted by molar-refractivity contribution is 0.0968. The predicted molar refractivity (Wildman–Crippen MR) is 148 cm³/mol. The van der Waals surface area contributed by atoms with Gasteiger partial charge in [-0.2, -0.15) is 0 Å². The van der Waals surface area contributed by atoms with E-state index < -0.39 is 0 Å². The molecule has 1 aliphatic heterocycles. The zero-order chi connectivity index (χ0) is 24.5. The van der Waals surface area contributed by atoms with Crippen LogP contribution < -0.4 is 14.7 Å². The highest BCUT2D eigenvalue weighted by molar-refractivity contribution is 9.10. The van der Waals surface area contributed by atoms with Gasteiger partial charge in [-0.05, 0) is 70.4 Å². The first-order valence-electron chi connectivity index (χ1n) is 11.7. The van der Waals surface area contributed by atoms with Crippen LogP contribution in [0.15, 0.2) is 102 Å². The second-order valence-corrected chi connectivity index (χ2v) is 9.97. The van der Waals surface area contributed by atoms with E-state index in [1.54, 1.807) is 0 Å². The number of hydrogen-bond donors (Lipinski definition) is 0. The van der Waals surface area contributed by atoms with Crippen molar-refractivity contribution in [3.05, 3.63) is 124 Å². The molecule has 1 atom stereocenters. The minimum Gasteiger partial charge on any atom is -0.377 e. The van der Waals surface area contributed by atoms with E-state index in [1.165, 1.54) is 5.56 Å².